The van der Waals surface area contributed by atoms with E-state index in [1.165, 1.54) is 0 Å². The third-order valence-electron chi connectivity index (χ3n) is 6.39. The second-order valence-corrected chi connectivity index (χ2v) is 8.65. The van der Waals surface area contributed by atoms with Gasteiger partial charge in [-0.2, -0.15) is 5.10 Å². The molecule has 0 amide bonds. The van der Waals surface area contributed by atoms with E-state index in [0.29, 0.717) is 0 Å². The lowest BCUT2D eigenvalue weighted by Gasteiger charge is -2.33. The first kappa shape index (κ1) is 20.5. The summed E-state index contributed by atoms with van der Waals surface area (Å²) in [6.07, 6.45) is 7.51. The van der Waals surface area contributed by atoms with Crippen molar-refractivity contribution in [1.29, 1.82) is 0 Å². The standard InChI is InChI=1S/C27H25N7/c1-32-11-13-33(14-12-32)26-8-7-22(17-29-26)23-16-27-30-19-25(34(27)31-18-23)21-9-10-28-24(15-21)20-5-3-2-4-6-20/h2-10,15-19H,11-14H2,1H3. The average Bonchev–Trinajstić information content (AvgIpc) is 3.33. The summed E-state index contributed by atoms with van der Waals surface area (Å²) >= 11 is 0. The van der Waals surface area contributed by atoms with Crippen molar-refractivity contribution in [2.45, 2.75) is 0 Å². The predicted octanol–water partition coefficient (Wildman–Crippen LogP) is 4.27. The van der Waals surface area contributed by atoms with Crippen LogP contribution in [0.1, 0.15) is 0 Å². The Hall–Kier alpha value is -4.10. The number of aromatic nitrogens is 5. The van der Waals surface area contributed by atoms with E-state index >= 15 is 0 Å². The first-order valence-corrected chi connectivity index (χ1v) is 11.5. The van der Waals surface area contributed by atoms with Gasteiger partial charge in [-0.25, -0.2) is 14.5 Å². The Bertz CT molecular complexity index is 1420. The number of pyridine rings is 2. The van der Waals surface area contributed by atoms with Crippen LogP contribution in [-0.4, -0.2) is 62.7 Å². The molecule has 1 aliphatic heterocycles. The number of hydrogen-bond acceptors (Lipinski definition) is 6. The largest absolute Gasteiger partial charge is 0.354 e. The van der Waals surface area contributed by atoms with Crippen molar-refractivity contribution in [3.8, 4) is 33.6 Å². The Labute approximate surface area is 198 Å². The maximum absolute atomic E-state index is 4.72. The Morgan fingerprint density at radius 3 is 2.32 bits per heavy atom. The highest BCUT2D eigenvalue weighted by Gasteiger charge is 2.15. The maximum Gasteiger partial charge on any atom is 0.154 e. The highest BCUT2D eigenvalue weighted by Crippen LogP contribution is 2.27. The zero-order chi connectivity index (χ0) is 22.9. The molecule has 1 aliphatic rings. The second-order valence-electron chi connectivity index (χ2n) is 8.65. The van der Waals surface area contributed by atoms with Gasteiger partial charge in [0.1, 0.15) is 5.82 Å². The summed E-state index contributed by atoms with van der Waals surface area (Å²) in [7, 11) is 2.16. The van der Waals surface area contributed by atoms with Crippen molar-refractivity contribution < 1.29 is 0 Å². The number of fused-ring (bicyclic) bond motifs is 1. The molecule has 5 aromatic rings. The zero-order valence-corrected chi connectivity index (χ0v) is 19.0. The third-order valence-corrected chi connectivity index (χ3v) is 6.39. The molecule has 7 nitrogen and oxygen atoms in total. The van der Waals surface area contributed by atoms with E-state index in [1.54, 1.807) is 0 Å². The van der Waals surface area contributed by atoms with Crippen molar-refractivity contribution in [2.24, 2.45) is 0 Å². The lowest BCUT2D eigenvalue weighted by Crippen LogP contribution is -2.44. The van der Waals surface area contributed by atoms with Crippen molar-refractivity contribution in [1.82, 2.24) is 29.5 Å². The fourth-order valence-corrected chi connectivity index (χ4v) is 4.37. The van der Waals surface area contributed by atoms with Crippen LogP contribution in [0.5, 0.6) is 0 Å². The van der Waals surface area contributed by atoms with Crippen molar-refractivity contribution in [2.75, 3.05) is 38.1 Å². The third kappa shape index (κ3) is 3.91. The van der Waals surface area contributed by atoms with Gasteiger partial charge in [-0.1, -0.05) is 30.3 Å². The normalized spacial score (nSPS) is 14.6. The summed E-state index contributed by atoms with van der Waals surface area (Å²) in [4.78, 5) is 18.6. The van der Waals surface area contributed by atoms with Gasteiger partial charge in [0, 0.05) is 60.8 Å². The molecule has 0 spiro atoms. The molecule has 0 radical (unpaired) electrons. The minimum absolute atomic E-state index is 0.800. The van der Waals surface area contributed by atoms with Gasteiger partial charge in [0.05, 0.1) is 23.8 Å². The highest BCUT2D eigenvalue weighted by molar-refractivity contribution is 5.72. The molecule has 0 unspecified atom stereocenters. The molecule has 1 saturated heterocycles. The van der Waals surface area contributed by atoms with Gasteiger partial charge >= 0.3 is 0 Å². The van der Waals surface area contributed by atoms with E-state index in [-0.39, 0.29) is 0 Å². The Balaban J connectivity index is 1.28. The van der Waals surface area contributed by atoms with E-state index in [9.17, 15) is 0 Å². The van der Waals surface area contributed by atoms with Crippen LogP contribution in [0.15, 0.2) is 85.5 Å². The first-order valence-electron chi connectivity index (χ1n) is 11.5. The predicted molar refractivity (Wildman–Crippen MR) is 135 cm³/mol. The summed E-state index contributed by atoms with van der Waals surface area (Å²) in [5.41, 5.74) is 6.81. The molecule has 1 fully saturated rings. The second kappa shape index (κ2) is 8.68. The Morgan fingerprint density at radius 2 is 1.53 bits per heavy atom. The fraction of sp³-hybridized carbons (Fsp3) is 0.185. The van der Waals surface area contributed by atoms with E-state index in [2.05, 4.69) is 63.2 Å². The number of piperazine rings is 1. The Morgan fingerprint density at radius 1 is 0.676 bits per heavy atom. The molecule has 7 heteroatoms. The van der Waals surface area contributed by atoms with Crippen molar-refractivity contribution in [3.05, 3.63) is 85.5 Å². The zero-order valence-electron chi connectivity index (χ0n) is 19.0. The quantitative estimate of drug-likeness (QED) is 0.410. The molecule has 0 atom stereocenters. The number of nitrogens with zero attached hydrogens (tertiary/aromatic N) is 7. The molecule has 0 saturated carbocycles. The van der Waals surface area contributed by atoms with Gasteiger partial charge in [-0.15, -0.1) is 0 Å². The van der Waals surface area contributed by atoms with E-state index in [1.807, 2.05) is 53.6 Å². The summed E-state index contributed by atoms with van der Waals surface area (Å²) in [6, 6.07) is 20.5. The minimum Gasteiger partial charge on any atom is -0.354 e. The van der Waals surface area contributed by atoms with Crippen LogP contribution in [0, 0.1) is 0 Å². The number of hydrogen-bond donors (Lipinski definition) is 0. The molecule has 0 aliphatic carbocycles. The van der Waals surface area contributed by atoms with E-state index in [4.69, 9.17) is 10.1 Å². The van der Waals surface area contributed by atoms with Gasteiger partial charge < -0.3 is 9.80 Å². The SMILES string of the molecule is CN1CCN(c2ccc(-c3cnn4c(-c5ccnc(-c6ccccc6)c5)cnc4c3)cn2)CC1. The van der Waals surface area contributed by atoms with Crippen molar-refractivity contribution in [3.63, 3.8) is 0 Å². The number of imidazole rings is 1. The molecular weight excluding hydrogens is 422 g/mol. The fourth-order valence-electron chi connectivity index (χ4n) is 4.37. The lowest BCUT2D eigenvalue weighted by molar-refractivity contribution is 0.312. The molecule has 6 rings (SSSR count). The molecule has 0 N–H and O–H groups in total. The van der Waals surface area contributed by atoms with Gasteiger partial charge in [0.15, 0.2) is 5.65 Å². The monoisotopic (exact) mass is 447 g/mol. The van der Waals surface area contributed by atoms with Crippen LogP contribution in [0.4, 0.5) is 5.82 Å². The number of benzene rings is 1. The average molecular weight is 448 g/mol. The van der Waals surface area contributed by atoms with Crippen LogP contribution in [-0.2, 0) is 0 Å². The number of likely N-dealkylation sites (N-methyl/N-ethyl adjacent to an activating group) is 1. The summed E-state index contributed by atoms with van der Waals surface area (Å²) in [5.74, 6) is 1.03. The molecule has 34 heavy (non-hydrogen) atoms. The molecular formula is C27H25N7. The molecule has 1 aromatic carbocycles. The number of anilines is 1. The smallest absolute Gasteiger partial charge is 0.154 e. The van der Waals surface area contributed by atoms with Crippen LogP contribution >= 0.6 is 0 Å². The van der Waals surface area contributed by atoms with Gasteiger partial charge in [-0.3, -0.25) is 4.98 Å². The van der Waals surface area contributed by atoms with E-state index < -0.39 is 0 Å². The minimum atomic E-state index is 0.800. The highest BCUT2D eigenvalue weighted by atomic mass is 15.3. The van der Waals surface area contributed by atoms with Gasteiger partial charge in [0.25, 0.3) is 0 Å². The molecule has 4 aromatic heterocycles. The van der Waals surface area contributed by atoms with Crippen LogP contribution < -0.4 is 4.90 Å². The topological polar surface area (TPSA) is 62.5 Å². The molecule has 5 heterocycles. The van der Waals surface area contributed by atoms with Gasteiger partial charge in [-0.05, 0) is 37.4 Å². The Kier molecular flexibility index (Phi) is 5.24. The molecule has 0 bridgehead atoms. The summed E-state index contributed by atoms with van der Waals surface area (Å²) < 4.78 is 1.87. The van der Waals surface area contributed by atoms with Gasteiger partial charge in [0.2, 0.25) is 0 Å². The summed E-state index contributed by atoms with van der Waals surface area (Å²) in [5, 5.41) is 4.71. The maximum atomic E-state index is 4.72. The van der Waals surface area contributed by atoms with Crippen molar-refractivity contribution >= 4 is 11.5 Å². The number of rotatable bonds is 4. The molecule has 168 valence electrons. The lowest BCUT2D eigenvalue weighted by atomic mass is 10.1. The van der Waals surface area contributed by atoms with Crippen LogP contribution in [0.25, 0.3) is 39.3 Å². The van der Waals surface area contributed by atoms with E-state index in [0.717, 1.165) is 71.3 Å². The van der Waals surface area contributed by atoms with Crippen LogP contribution in [0.2, 0.25) is 0 Å². The first-order chi connectivity index (χ1) is 16.7. The summed E-state index contributed by atoms with van der Waals surface area (Å²) in [6.45, 7) is 4.15. The van der Waals surface area contributed by atoms with Crippen LogP contribution in [0.3, 0.4) is 0 Å².